The number of aromatic nitrogens is 2. The van der Waals surface area contributed by atoms with Gasteiger partial charge in [0.15, 0.2) is 4.96 Å². The fraction of sp³-hybridized carbons (Fsp3) is 0.176. The number of fused-ring (bicyclic) bond motifs is 1. The maximum atomic E-state index is 12.2. The highest BCUT2D eigenvalue weighted by molar-refractivity contribution is 7.16. The highest BCUT2D eigenvalue weighted by Crippen LogP contribution is 2.15. The number of esters is 1. The van der Waals surface area contributed by atoms with Gasteiger partial charge >= 0.3 is 5.97 Å². The van der Waals surface area contributed by atoms with Gasteiger partial charge in [0.05, 0.1) is 11.3 Å². The van der Waals surface area contributed by atoms with Crippen LogP contribution in [0.15, 0.2) is 41.3 Å². The first-order valence-electron chi connectivity index (χ1n) is 7.46. The maximum absolute atomic E-state index is 12.2. The largest absolute Gasteiger partial charge is 0.456 e. The van der Waals surface area contributed by atoms with Crippen molar-refractivity contribution in [2.24, 2.45) is 0 Å². The van der Waals surface area contributed by atoms with Gasteiger partial charge in [-0.1, -0.05) is 6.07 Å². The summed E-state index contributed by atoms with van der Waals surface area (Å²) in [4.78, 5) is 41.1. The van der Waals surface area contributed by atoms with E-state index in [4.69, 9.17) is 4.74 Å². The summed E-state index contributed by atoms with van der Waals surface area (Å²) in [5.74, 6) is -0.786. The molecule has 0 aliphatic carbocycles. The van der Waals surface area contributed by atoms with Crippen LogP contribution in [0.3, 0.4) is 0 Å². The molecule has 128 valence electrons. The minimum Gasteiger partial charge on any atom is -0.456 e. The number of rotatable bonds is 4. The summed E-state index contributed by atoms with van der Waals surface area (Å²) in [7, 11) is 0. The Morgan fingerprint density at radius 2 is 2.12 bits per heavy atom. The summed E-state index contributed by atoms with van der Waals surface area (Å²) in [6, 6.07) is 7.78. The molecule has 0 saturated carbocycles. The van der Waals surface area contributed by atoms with Gasteiger partial charge in [0, 0.05) is 29.8 Å². The van der Waals surface area contributed by atoms with Gasteiger partial charge in [0.2, 0.25) is 5.91 Å². The molecule has 0 radical (unpaired) electrons. The summed E-state index contributed by atoms with van der Waals surface area (Å²) in [6.45, 7) is 3.17. The Morgan fingerprint density at radius 1 is 1.32 bits per heavy atom. The summed E-state index contributed by atoms with van der Waals surface area (Å²) in [5, 5.41) is 2.60. The van der Waals surface area contributed by atoms with Crippen molar-refractivity contribution in [3.05, 3.63) is 63.0 Å². The van der Waals surface area contributed by atoms with E-state index in [0.29, 0.717) is 21.9 Å². The van der Waals surface area contributed by atoms with Crippen LogP contribution in [0.2, 0.25) is 0 Å². The summed E-state index contributed by atoms with van der Waals surface area (Å²) >= 11 is 1.39. The minimum atomic E-state index is -0.559. The molecule has 0 unspecified atom stereocenters. The molecular weight excluding hydrogens is 342 g/mol. The fourth-order valence-electron chi connectivity index (χ4n) is 2.28. The first-order chi connectivity index (χ1) is 11.9. The van der Waals surface area contributed by atoms with Gasteiger partial charge in [-0.3, -0.25) is 14.0 Å². The van der Waals surface area contributed by atoms with E-state index in [1.54, 1.807) is 24.4 Å². The number of amides is 1. The van der Waals surface area contributed by atoms with Gasteiger partial charge in [-0.05, 0) is 25.1 Å². The lowest BCUT2D eigenvalue weighted by atomic mass is 10.2. The molecule has 1 amide bonds. The predicted molar refractivity (Wildman–Crippen MR) is 93.9 cm³/mol. The smallest absolute Gasteiger partial charge is 0.338 e. The van der Waals surface area contributed by atoms with Crippen molar-refractivity contribution in [3.63, 3.8) is 0 Å². The number of anilines is 1. The lowest BCUT2D eigenvalue weighted by molar-refractivity contribution is -0.114. The Balaban J connectivity index is 1.74. The average Bonchev–Trinajstić information content (AvgIpc) is 2.93. The van der Waals surface area contributed by atoms with E-state index in [9.17, 15) is 14.4 Å². The van der Waals surface area contributed by atoms with Crippen molar-refractivity contribution < 1.29 is 14.3 Å². The third kappa shape index (κ3) is 3.92. The van der Waals surface area contributed by atoms with E-state index in [0.717, 1.165) is 4.88 Å². The lowest BCUT2D eigenvalue weighted by Crippen LogP contribution is -2.15. The number of benzene rings is 1. The van der Waals surface area contributed by atoms with Crippen LogP contribution in [0.1, 0.15) is 27.9 Å². The van der Waals surface area contributed by atoms with Crippen molar-refractivity contribution in [2.45, 2.75) is 20.5 Å². The van der Waals surface area contributed by atoms with Crippen molar-refractivity contribution in [2.75, 3.05) is 5.32 Å². The number of hydrogen-bond donors (Lipinski definition) is 1. The highest BCUT2D eigenvalue weighted by Gasteiger charge is 2.11. The van der Waals surface area contributed by atoms with Crippen LogP contribution in [0, 0.1) is 6.92 Å². The number of nitrogens with one attached hydrogen (secondary N) is 1. The van der Waals surface area contributed by atoms with Crippen LogP contribution in [-0.2, 0) is 16.1 Å². The Bertz CT molecular complexity index is 1020. The van der Waals surface area contributed by atoms with Gasteiger partial charge < -0.3 is 10.1 Å². The summed E-state index contributed by atoms with van der Waals surface area (Å²) in [6.07, 6.45) is 1.72. The van der Waals surface area contributed by atoms with E-state index in [1.165, 1.54) is 34.8 Å². The molecule has 2 heterocycles. The van der Waals surface area contributed by atoms with Crippen LogP contribution in [0.5, 0.6) is 0 Å². The van der Waals surface area contributed by atoms with Crippen molar-refractivity contribution in [3.8, 4) is 0 Å². The number of carbonyl (C=O) groups excluding carboxylic acids is 2. The first-order valence-corrected chi connectivity index (χ1v) is 8.27. The standard InChI is InChI=1S/C17H15N3O4S/c1-10-8-20-15(22)7-14(19-17(20)25-10)9-24-16(23)12-4-3-5-13(6-12)18-11(2)21/h3-8H,9H2,1-2H3,(H,18,21). The lowest BCUT2D eigenvalue weighted by Gasteiger charge is -2.07. The molecule has 7 nitrogen and oxygen atoms in total. The molecule has 0 saturated heterocycles. The van der Waals surface area contributed by atoms with E-state index in [1.807, 2.05) is 6.92 Å². The Kier molecular flexibility index (Phi) is 4.62. The van der Waals surface area contributed by atoms with E-state index in [2.05, 4.69) is 10.3 Å². The van der Waals surface area contributed by atoms with Crippen LogP contribution in [-0.4, -0.2) is 21.3 Å². The second-order valence-electron chi connectivity index (χ2n) is 5.42. The highest BCUT2D eigenvalue weighted by atomic mass is 32.1. The number of thiazole rings is 1. The monoisotopic (exact) mass is 357 g/mol. The van der Waals surface area contributed by atoms with Gasteiger partial charge in [0.25, 0.3) is 5.56 Å². The van der Waals surface area contributed by atoms with E-state index >= 15 is 0 Å². The molecule has 1 N–H and O–H groups in total. The second kappa shape index (κ2) is 6.86. The topological polar surface area (TPSA) is 89.8 Å². The van der Waals surface area contributed by atoms with Crippen LogP contribution in [0.4, 0.5) is 5.69 Å². The fourth-order valence-corrected chi connectivity index (χ4v) is 3.13. The number of ether oxygens (including phenoxy) is 1. The Morgan fingerprint density at radius 3 is 2.88 bits per heavy atom. The predicted octanol–water partition coefficient (Wildman–Crippen LogP) is 2.38. The van der Waals surface area contributed by atoms with Crippen LogP contribution in [0.25, 0.3) is 4.96 Å². The molecule has 25 heavy (non-hydrogen) atoms. The minimum absolute atomic E-state index is 0.105. The third-order valence-electron chi connectivity index (χ3n) is 3.31. The normalized spacial score (nSPS) is 10.6. The molecule has 3 aromatic rings. The zero-order valence-corrected chi connectivity index (χ0v) is 14.4. The molecule has 8 heteroatoms. The van der Waals surface area contributed by atoms with Gasteiger partial charge in [-0.15, -0.1) is 11.3 Å². The molecule has 0 fully saturated rings. The van der Waals surface area contributed by atoms with Crippen molar-refractivity contribution in [1.29, 1.82) is 0 Å². The number of aryl methyl sites for hydroxylation is 1. The molecule has 0 bridgehead atoms. The summed E-state index contributed by atoms with van der Waals surface area (Å²) < 4.78 is 6.69. The second-order valence-corrected chi connectivity index (χ2v) is 6.63. The first kappa shape index (κ1) is 16.8. The number of hydrogen-bond acceptors (Lipinski definition) is 6. The van der Waals surface area contributed by atoms with Crippen LogP contribution < -0.4 is 10.9 Å². The van der Waals surface area contributed by atoms with Gasteiger partial charge in [-0.2, -0.15) is 0 Å². The van der Waals surface area contributed by atoms with E-state index < -0.39 is 5.97 Å². The Hall–Kier alpha value is -3.00. The zero-order chi connectivity index (χ0) is 18.0. The molecule has 0 atom stereocenters. The summed E-state index contributed by atoms with van der Waals surface area (Å²) in [5.41, 5.74) is 0.982. The zero-order valence-electron chi connectivity index (χ0n) is 13.6. The average molecular weight is 357 g/mol. The van der Waals surface area contributed by atoms with Crippen molar-refractivity contribution >= 4 is 33.9 Å². The molecular formula is C17H15N3O4S. The SMILES string of the molecule is CC(=O)Nc1cccc(C(=O)OCc2cc(=O)n3cc(C)sc3n2)c1. The van der Waals surface area contributed by atoms with Crippen LogP contribution >= 0.6 is 11.3 Å². The molecule has 3 rings (SSSR count). The maximum Gasteiger partial charge on any atom is 0.338 e. The van der Waals surface area contributed by atoms with Gasteiger partial charge in [-0.25, -0.2) is 9.78 Å². The number of carbonyl (C=O) groups is 2. The third-order valence-corrected chi connectivity index (χ3v) is 4.20. The molecule has 0 aliphatic heterocycles. The van der Waals surface area contributed by atoms with E-state index in [-0.39, 0.29) is 18.1 Å². The molecule has 2 aromatic heterocycles. The van der Waals surface area contributed by atoms with Crippen molar-refractivity contribution in [1.82, 2.24) is 9.38 Å². The van der Waals surface area contributed by atoms with Gasteiger partial charge in [0.1, 0.15) is 6.61 Å². The number of nitrogens with zero attached hydrogens (tertiary/aromatic N) is 2. The Labute approximate surface area is 146 Å². The molecule has 0 aliphatic rings. The molecule has 1 aromatic carbocycles. The molecule has 0 spiro atoms. The quantitative estimate of drug-likeness (QED) is 0.724.